The molecule has 3 aromatic rings. The lowest BCUT2D eigenvalue weighted by molar-refractivity contribution is 0.463. The fourth-order valence-corrected chi connectivity index (χ4v) is 4.23. The van der Waals surface area contributed by atoms with E-state index in [4.69, 9.17) is 11.6 Å². The van der Waals surface area contributed by atoms with Crippen LogP contribution in [-0.4, -0.2) is 42.2 Å². The molecular weight excluding hydrogens is 420 g/mol. The zero-order chi connectivity index (χ0) is 23.3. The Morgan fingerprint density at radius 2 is 1.78 bits per heavy atom. The van der Waals surface area contributed by atoms with Crippen LogP contribution in [0.25, 0.3) is 22.0 Å². The predicted octanol–water partition coefficient (Wildman–Crippen LogP) is 6.36. The van der Waals surface area contributed by atoms with Crippen molar-refractivity contribution in [2.45, 2.75) is 45.1 Å². The molecule has 4 rings (SSSR count). The summed E-state index contributed by atoms with van der Waals surface area (Å²) >= 11 is 6.18. The van der Waals surface area contributed by atoms with Crippen molar-refractivity contribution in [3.05, 3.63) is 52.7 Å². The second-order valence-corrected chi connectivity index (χ2v) is 9.24. The maximum absolute atomic E-state index is 9.96. The summed E-state index contributed by atoms with van der Waals surface area (Å²) in [5.74, 6) is 0.110. The number of halogens is 1. The van der Waals surface area contributed by atoms with Crippen molar-refractivity contribution in [2.24, 2.45) is 0 Å². The van der Waals surface area contributed by atoms with E-state index >= 15 is 0 Å². The van der Waals surface area contributed by atoms with Gasteiger partial charge in [-0.25, -0.2) is 0 Å². The van der Waals surface area contributed by atoms with Crippen molar-refractivity contribution >= 4 is 28.2 Å². The Bertz CT molecular complexity index is 1100. The summed E-state index contributed by atoms with van der Waals surface area (Å²) < 4.78 is 0. The van der Waals surface area contributed by atoms with Crippen LogP contribution in [0.4, 0.5) is 5.69 Å². The van der Waals surface area contributed by atoms with E-state index in [9.17, 15) is 10.4 Å². The van der Waals surface area contributed by atoms with Gasteiger partial charge in [0.15, 0.2) is 0 Å². The van der Waals surface area contributed by atoms with Crippen LogP contribution in [0.3, 0.4) is 0 Å². The first-order valence-corrected chi connectivity index (χ1v) is 11.4. The van der Waals surface area contributed by atoms with Crippen molar-refractivity contribution in [2.75, 3.05) is 26.5 Å². The summed E-state index contributed by atoms with van der Waals surface area (Å²) in [6.45, 7) is 1.83. The number of nitrogens with zero attached hydrogens (tertiary/aromatic N) is 3. The van der Waals surface area contributed by atoms with Crippen molar-refractivity contribution < 1.29 is 5.11 Å². The third-order valence-electron chi connectivity index (χ3n) is 5.53. The normalized spacial score (nSPS) is 14.0. The molecule has 0 aliphatic heterocycles. The summed E-state index contributed by atoms with van der Waals surface area (Å²) in [5, 5.41) is 24.5. The molecule has 168 valence electrons. The SMILES string of the molecule is CN(C)C.Cc1cc(-c2ccc3ncc(C#N)c(NC4CCCCC4)c3c2)cc(Cl)c1O. The van der Waals surface area contributed by atoms with E-state index in [1.54, 1.807) is 12.3 Å². The lowest BCUT2D eigenvalue weighted by Gasteiger charge is -2.25. The zero-order valence-corrected chi connectivity index (χ0v) is 20.0. The average molecular weight is 451 g/mol. The van der Waals surface area contributed by atoms with E-state index in [1.165, 1.54) is 19.3 Å². The molecule has 0 saturated heterocycles. The molecule has 2 aromatic carbocycles. The number of aryl methyl sites for hydroxylation is 1. The first-order valence-electron chi connectivity index (χ1n) is 11.0. The number of pyridine rings is 1. The third-order valence-corrected chi connectivity index (χ3v) is 5.82. The van der Waals surface area contributed by atoms with E-state index in [0.29, 0.717) is 16.6 Å². The van der Waals surface area contributed by atoms with Crippen LogP contribution < -0.4 is 5.32 Å². The minimum absolute atomic E-state index is 0.110. The number of phenols is 1. The molecule has 1 aliphatic carbocycles. The van der Waals surface area contributed by atoms with Gasteiger partial charge in [0.25, 0.3) is 0 Å². The highest BCUT2D eigenvalue weighted by Gasteiger charge is 2.17. The number of phenolic OH excluding ortho intramolecular Hbond substituents is 1. The first-order chi connectivity index (χ1) is 15.3. The predicted molar refractivity (Wildman–Crippen MR) is 133 cm³/mol. The second-order valence-electron chi connectivity index (χ2n) is 8.84. The Kier molecular flexibility index (Phi) is 7.95. The van der Waals surface area contributed by atoms with Gasteiger partial charge in [0, 0.05) is 17.6 Å². The fraction of sp³-hybridized carbons (Fsp3) is 0.385. The van der Waals surface area contributed by atoms with E-state index < -0.39 is 0 Å². The zero-order valence-electron chi connectivity index (χ0n) is 19.2. The maximum Gasteiger partial charge on any atom is 0.137 e. The van der Waals surface area contributed by atoms with E-state index in [-0.39, 0.29) is 5.75 Å². The van der Waals surface area contributed by atoms with Crippen LogP contribution in [-0.2, 0) is 0 Å². The van der Waals surface area contributed by atoms with Crippen molar-refractivity contribution in [3.63, 3.8) is 0 Å². The van der Waals surface area contributed by atoms with Crippen molar-refractivity contribution in [1.29, 1.82) is 5.26 Å². The summed E-state index contributed by atoms with van der Waals surface area (Å²) in [7, 11) is 6.00. The minimum atomic E-state index is 0.110. The van der Waals surface area contributed by atoms with E-state index in [1.807, 2.05) is 51.2 Å². The standard InChI is InChI=1S/C23H22ClN3O.C3H9N/c1-14-9-16(11-20(24)23(14)28)15-7-8-21-19(10-15)22(17(12-25)13-26-21)27-18-5-3-2-4-6-18;1-4(2)3/h7-11,13,18,28H,2-6H2,1H3,(H,26,27);1-3H3. The van der Waals surface area contributed by atoms with Crippen molar-refractivity contribution in [1.82, 2.24) is 9.88 Å². The number of hydrogen-bond donors (Lipinski definition) is 2. The largest absolute Gasteiger partial charge is 0.506 e. The van der Waals surface area contributed by atoms with Gasteiger partial charge in [-0.15, -0.1) is 0 Å². The van der Waals surface area contributed by atoms with Gasteiger partial charge in [-0.2, -0.15) is 5.26 Å². The monoisotopic (exact) mass is 450 g/mol. The highest BCUT2D eigenvalue weighted by molar-refractivity contribution is 6.32. The number of aromatic nitrogens is 1. The number of rotatable bonds is 3. The molecule has 0 spiro atoms. The van der Waals surface area contributed by atoms with Crippen LogP contribution in [0.5, 0.6) is 5.75 Å². The Morgan fingerprint density at radius 3 is 2.41 bits per heavy atom. The summed E-state index contributed by atoms with van der Waals surface area (Å²) in [4.78, 5) is 6.46. The highest BCUT2D eigenvalue weighted by Crippen LogP contribution is 2.36. The van der Waals surface area contributed by atoms with Crippen LogP contribution in [0, 0.1) is 18.3 Å². The molecular formula is C26H31ClN4O. The average Bonchev–Trinajstić information content (AvgIpc) is 2.77. The molecule has 5 nitrogen and oxygen atoms in total. The molecule has 0 radical (unpaired) electrons. The molecule has 0 unspecified atom stereocenters. The Morgan fingerprint density at radius 1 is 1.09 bits per heavy atom. The van der Waals surface area contributed by atoms with Crippen LogP contribution in [0.15, 0.2) is 36.5 Å². The second kappa shape index (κ2) is 10.7. The summed E-state index contributed by atoms with van der Waals surface area (Å²) in [5.41, 5.74) is 4.90. The molecule has 1 heterocycles. The molecule has 1 aliphatic rings. The number of hydrogen-bond acceptors (Lipinski definition) is 5. The number of fused-ring (bicyclic) bond motifs is 1. The van der Waals surface area contributed by atoms with Gasteiger partial charge in [0.2, 0.25) is 0 Å². The molecule has 6 heteroatoms. The number of aromatic hydroxyl groups is 1. The summed E-state index contributed by atoms with van der Waals surface area (Å²) in [6, 6.07) is 12.4. The molecule has 1 fully saturated rings. The first kappa shape index (κ1) is 23.8. The van der Waals surface area contributed by atoms with Crippen LogP contribution in [0.2, 0.25) is 5.02 Å². The van der Waals surface area contributed by atoms with Crippen LogP contribution in [0.1, 0.15) is 43.2 Å². The maximum atomic E-state index is 9.96. The highest BCUT2D eigenvalue weighted by atomic mass is 35.5. The van der Waals surface area contributed by atoms with Crippen molar-refractivity contribution in [3.8, 4) is 22.9 Å². The number of anilines is 1. The lowest BCUT2D eigenvalue weighted by atomic mass is 9.94. The number of nitrogens with one attached hydrogen (secondary N) is 1. The molecule has 0 atom stereocenters. The van der Waals surface area contributed by atoms with Gasteiger partial charge in [0.1, 0.15) is 11.8 Å². The lowest BCUT2D eigenvalue weighted by Crippen LogP contribution is -2.23. The molecule has 0 amide bonds. The van der Waals surface area contributed by atoms with Gasteiger partial charge in [-0.05, 0) is 81.9 Å². The smallest absolute Gasteiger partial charge is 0.137 e. The van der Waals surface area contributed by atoms with Gasteiger partial charge >= 0.3 is 0 Å². The van der Waals surface area contributed by atoms with Crippen LogP contribution >= 0.6 is 11.6 Å². The van der Waals surface area contributed by atoms with Gasteiger partial charge in [-0.3, -0.25) is 4.98 Å². The quantitative estimate of drug-likeness (QED) is 0.485. The van der Waals surface area contributed by atoms with Gasteiger partial charge < -0.3 is 15.3 Å². The van der Waals surface area contributed by atoms with E-state index in [0.717, 1.165) is 46.1 Å². The number of benzene rings is 2. The Hall–Kier alpha value is -2.81. The van der Waals surface area contributed by atoms with Gasteiger partial charge in [0.05, 0.1) is 21.8 Å². The molecule has 1 aromatic heterocycles. The topological polar surface area (TPSA) is 72.2 Å². The molecule has 32 heavy (non-hydrogen) atoms. The Labute approximate surface area is 195 Å². The minimum Gasteiger partial charge on any atom is -0.506 e. The third kappa shape index (κ3) is 5.70. The molecule has 0 bridgehead atoms. The number of nitriles is 1. The molecule has 1 saturated carbocycles. The summed E-state index contributed by atoms with van der Waals surface area (Å²) in [6.07, 6.45) is 7.63. The molecule has 2 N–H and O–H groups in total. The fourth-order valence-electron chi connectivity index (χ4n) is 3.97. The van der Waals surface area contributed by atoms with E-state index in [2.05, 4.69) is 22.4 Å². The van der Waals surface area contributed by atoms with Gasteiger partial charge in [-0.1, -0.05) is 36.9 Å². The Balaban J connectivity index is 0.000000668.